The van der Waals surface area contributed by atoms with E-state index in [-0.39, 0.29) is 0 Å². The van der Waals surface area contributed by atoms with Gasteiger partial charge in [0.25, 0.3) is 0 Å². The molecule has 1 aliphatic carbocycles. The van der Waals surface area contributed by atoms with Crippen LogP contribution in [-0.2, 0) is 6.54 Å². The van der Waals surface area contributed by atoms with E-state index in [0.29, 0.717) is 0 Å². The highest BCUT2D eigenvalue weighted by molar-refractivity contribution is 5.09. The fourth-order valence-electron chi connectivity index (χ4n) is 2.42. The van der Waals surface area contributed by atoms with Crippen LogP contribution in [0.5, 0.6) is 0 Å². The average Bonchev–Trinajstić information content (AvgIpc) is 2.29. The summed E-state index contributed by atoms with van der Waals surface area (Å²) in [6.45, 7) is 0.993. The first-order valence-corrected chi connectivity index (χ1v) is 6.57. The smallest absolute Gasteiger partial charge is 0.0271 e. The topological polar surface area (TPSA) is 24.9 Å². The summed E-state index contributed by atoms with van der Waals surface area (Å²) in [7, 11) is 0. The van der Waals surface area contributed by atoms with E-state index in [1.165, 1.54) is 50.5 Å². The molecule has 16 heavy (non-hydrogen) atoms. The normalized spacial score (nSPS) is 19.0. The van der Waals surface area contributed by atoms with E-state index < -0.39 is 0 Å². The molecule has 0 amide bonds. The molecule has 1 fully saturated rings. The van der Waals surface area contributed by atoms with E-state index in [2.05, 4.69) is 22.4 Å². The Morgan fingerprint density at radius 1 is 1.00 bits per heavy atom. The van der Waals surface area contributed by atoms with E-state index in [4.69, 9.17) is 0 Å². The van der Waals surface area contributed by atoms with Crippen LogP contribution in [0.15, 0.2) is 24.5 Å². The van der Waals surface area contributed by atoms with Crippen molar-refractivity contribution in [3.8, 4) is 0 Å². The van der Waals surface area contributed by atoms with Crippen molar-refractivity contribution in [3.05, 3.63) is 30.1 Å². The number of hydrogen-bond donors (Lipinski definition) is 1. The molecule has 0 atom stereocenters. The number of aromatic nitrogens is 1. The second-order valence-corrected chi connectivity index (χ2v) is 4.78. The fourth-order valence-corrected chi connectivity index (χ4v) is 2.42. The Balaban J connectivity index is 1.75. The maximum Gasteiger partial charge on any atom is 0.0271 e. The SMILES string of the molecule is c1cc(CNC2CCCCCCC2)ccn1. The molecule has 0 spiro atoms. The standard InChI is InChI=1S/C14H22N2/c1-2-4-6-14(7-5-3-1)16-12-13-8-10-15-11-9-13/h8-11,14,16H,1-7,12H2. The lowest BCUT2D eigenvalue weighted by Crippen LogP contribution is -2.29. The first-order chi connectivity index (χ1) is 7.95. The molecular weight excluding hydrogens is 196 g/mol. The summed E-state index contributed by atoms with van der Waals surface area (Å²) in [5, 5.41) is 3.68. The molecule has 1 N–H and O–H groups in total. The van der Waals surface area contributed by atoms with Gasteiger partial charge in [-0.25, -0.2) is 0 Å². The molecule has 0 bridgehead atoms. The summed E-state index contributed by atoms with van der Waals surface area (Å²) in [6.07, 6.45) is 13.5. The molecule has 0 aliphatic heterocycles. The van der Waals surface area contributed by atoms with Gasteiger partial charge in [-0.1, -0.05) is 32.1 Å². The second kappa shape index (κ2) is 6.64. The predicted molar refractivity (Wildman–Crippen MR) is 67.2 cm³/mol. The highest BCUT2D eigenvalue weighted by Gasteiger charge is 2.10. The van der Waals surface area contributed by atoms with Crippen LogP contribution in [0, 0.1) is 0 Å². The summed E-state index contributed by atoms with van der Waals surface area (Å²) >= 11 is 0. The number of nitrogens with zero attached hydrogens (tertiary/aromatic N) is 1. The minimum atomic E-state index is 0.730. The van der Waals surface area contributed by atoms with E-state index in [1.54, 1.807) is 0 Å². The third-order valence-corrected chi connectivity index (χ3v) is 3.45. The van der Waals surface area contributed by atoms with Crippen LogP contribution in [0.1, 0.15) is 50.5 Å². The fraction of sp³-hybridized carbons (Fsp3) is 0.643. The lowest BCUT2D eigenvalue weighted by molar-refractivity contribution is 0.389. The van der Waals surface area contributed by atoms with Crippen molar-refractivity contribution in [3.63, 3.8) is 0 Å². The van der Waals surface area contributed by atoms with E-state index in [1.807, 2.05) is 12.4 Å². The molecule has 1 aromatic rings. The van der Waals surface area contributed by atoms with Gasteiger partial charge >= 0.3 is 0 Å². The summed E-state index contributed by atoms with van der Waals surface area (Å²) in [6, 6.07) is 4.92. The Bertz CT molecular complexity index is 276. The Hall–Kier alpha value is -0.890. The maximum absolute atomic E-state index is 4.04. The quantitative estimate of drug-likeness (QED) is 0.842. The van der Waals surface area contributed by atoms with Crippen molar-refractivity contribution in [2.24, 2.45) is 0 Å². The molecule has 88 valence electrons. The van der Waals surface area contributed by atoms with Crippen molar-refractivity contribution in [2.75, 3.05) is 0 Å². The van der Waals surface area contributed by atoms with Crippen LogP contribution >= 0.6 is 0 Å². The zero-order chi connectivity index (χ0) is 11.1. The Labute approximate surface area is 98.5 Å². The summed E-state index contributed by atoms with van der Waals surface area (Å²) in [5.41, 5.74) is 1.34. The average molecular weight is 218 g/mol. The van der Waals surface area contributed by atoms with Crippen LogP contribution in [0.2, 0.25) is 0 Å². The third kappa shape index (κ3) is 3.93. The number of hydrogen-bond acceptors (Lipinski definition) is 2. The maximum atomic E-state index is 4.04. The highest BCUT2D eigenvalue weighted by Crippen LogP contribution is 2.17. The van der Waals surface area contributed by atoms with Crippen LogP contribution in [0.3, 0.4) is 0 Å². The Kier molecular flexibility index (Phi) is 4.81. The molecule has 0 unspecified atom stereocenters. The summed E-state index contributed by atoms with van der Waals surface area (Å²) in [5.74, 6) is 0. The van der Waals surface area contributed by atoms with Crippen LogP contribution < -0.4 is 5.32 Å². The van der Waals surface area contributed by atoms with Gasteiger partial charge < -0.3 is 5.32 Å². The highest BCUT2D eigenvalue weighted by atomic mass is 14.9. The van der Waals surface area contributed by atoms with Crippen LogP contribution in [0.25, 0.3) is 0 Å². The Morgan fingerprint density at radius 3 is 2.31 bits per heavy atom. The molecule has 2 rings (SSSR count). The van der Waals surface area contributed by atoms with Crippen molar-refractivity contribution >= 4 is 0 Å². The largest absolute Gasteiger partial charge is 0.310 e. The van der Waals surface area contributed by atoms with Crippen molar-refractivity contribution in [1.82, 2.24) is 10.3 Å². The lowest BCUT2D eigenvalue weighted by atomic mass is 9.96. The summed E-state index contributed by atoms with van der Waals surface area (Å²) < 4.78 is 0. The molecule has 0 saturated heterocycles. The Morgan fingerprint density at radius 2 is 1.62 bits per heavy atom. The van der Waals surface area contributed by atoms with Crippen molar-refractivity contribution in [1.29, 1.82) is 0 Å². The lowest BCUT2D eigenvalue weighted by Gasteiger charge is -2.21. The van der Waals surface area contributed by atoms with Gasteiger partial charge in [0.05, 0.1) is 0 Å². The number of pyridine rings is 1. The van der Waals surface area contributed by atoms with Crippen LogP contribution in [0.4, 0.5) is 0 Å². The van der Waals surface area contributed by atoms with Gasteiger partial charge in [-0.3, -0.25) is 4.98 Å². The minimum Gasteiger partial charge on any atom is -0.310 e. The first kappa shape index (κ1) is 11.6. The predicted octanol–water partition coefficient (Wildman–Crippen LogP) is 3.28. The molecule has 1 aromatic heterocycles. The molecule has 2 nitrogen and oxygen atoms in total. The van der Waals surface area contributed by atoms with Gasteiger partial charge in [0, 0.05) is 25.0 Å². The molecule has 2 heteroatoms. The molecule has 1 heterocycles. The zero-order valence-electron chi connectivity index (χ0n) is 9.99. The van der Waals surface area contributed by atoms with Gasteiger partial charge in [-0.15, -0.1) is 0 Å². The molecule has 1 aliphatic rings. The van der Waals surface area contributed by atoms with Gasteiger partial charge in [0.15, 0.2) is 0 Å². The van der Waals surface area contributed by atoms with Gasteiger partial charge in [0.2, 0.25) is 0 Å². The zero-order valence-corrected chi connectivity index (χ0v) is 9.99. The van der Waals surface area contributed by atoms with E-state index in [9.17, 15) is 0 Å². The second-order valence-electron chi connectivity index (χ2n) is 4.78. The van der Waals surface area contributed by atoms with E-state index >= 15 is 0 Å². The van der Waals surface area contributed by atoms with E-state index in [0.717, 1.165) is 12.6 Å². The van der Waals surface area contributed by atoms with Crippen molar-refractivity contribution < 1.29 is 0 Å². The number of rotatable bonds is 3. The molecular formula is C14H22N2. The summed E-state index contributed by atoms with van der Waals surface area (Å²) in [4.78, 5) is 4.04. The molecule has 0 radical (unpaired) electrons. The minimum absolute atomic E-state index is 0.730. The molecule has 1 saturated carbocycles. The number of nitrogens with one attached hydrogen (secondary N) is 1. The van der Waals surface area contributed by atoms with Crippen LogP contribution in [-0.4, -0.2) is 11.0 Å². The first-order valence-electron chi connectivity index (χ1n) is 6.57. The third-order valence-electron chi connectivity index (χ3n) is 3.45. The monoisotopic (exact) mass is 218 g/mol. The van der Waals surface area contributed by atoms with Gasteiger partial charge in [0.1, 0.15) is 0 Å². The molecule has 0 aromatic carbocycles. The van der Waals surface area contributed by atoms with Gasteiger partial charge in [-0.2, -0.15) is 0 Å². The van der Waals surface area contributed by atoms with Crippen molar-refractivity contribution in [2.45, 2.75) is 57.5 Å². The van der Waals surface area contributed by atoms with Gasteiger partial charge in [-0.05, 0) is 30.5 Å².